The summed E-state index contributed by atoms with van der Waals surface area (Å²) in [5.41, 5.74) is 1.50. The maximum Gasteiger partial charge on any atom is 0.338 e. The lowest BCUT2D eigenvalue weighted by Gasteiger charge is -2.22. The van der Waals surface area contributed by atoms with Crippen molar-refractivity contribution in [3.05, 3.63) is 71.2 Å². The highest BCUT2D eigenvalue weighted by Crippen LogP contribution is 2.37. The predicted molar refractivity (Wildman–Crippen MR) is 138 cm³/mol. The van der Waals surface area contributed by atoms with E-state index in [0.717, 1.165) is 0 Å². The fourth-order valence-corrected chi connectivity index (χ4v) is 5.41. The van der Waals surface area contributed by atoms with Crippen LogP contribution in [0.15, 0.2) is 50.2 Å². The summed E-state index contributed by atoms with van der Waals surface area (Å²) in [6.45, 7) is 3.53. The first kappa shape index (κ1) is 25.5. The normalized spacial score (nSPS) is 15.4. The number of phenolic OH excluding ortho intramolecular Hbond substituents is 2. The van der Waals surface area contributed by atoms with Gasteiger partial charge in [0.1, 0.15) is 6.04 Å². The van der Waals surface area contributed by atoms with Crippen LogP contribution in [0.4, 0.5) is 0 Å². The summed E-state index contributed by atoms with van der Waals surface area (Å²) < 4.78 is 17.9. The second-order valence-corrected chi connectivity index (χ2v) is 9.63. The Labute approximate surface area is 218 Å². The van der Waals surface area contributed by atoms with Crippen molar-refractivity contribution in [3.8, 4) is 23.0 Å². The van der Waals surface area contributed by atoms with Crippen LogP contribution >= 0.6 is 27.3 Å². The number of nitrogens with zero attached hydrogens (tertiary/aromatic N) is 2. The average Bonchev–Trinajstić information content (AvgIpc) is 3.16. The number of rotatable bonds is 6. The average molecular weight is 575 g/mol. The second-order valence-electron chi connectivity index (χ2n) is 7.77. The molecule has 0 radical (unpaired) electrons. The number of allylic oxidation sites excluding steroid dienone is 1. The number of fused-ring (bicyclic) bond motifs is 1. The van der Waals surface area contributed by atoms with Gasteiger partial charge < -0.3 is 24.4 Å². The molecule has 4 rings (SSSR count). The molecule has 2 N–H and O–H groups in total. The van der Waals surface area contributed by atoms with E-state index < -0.39 is 12.0 Å². The molecule has 188 valence electrons. The molecule has 2 heterocycles. The van der Waals surface area contributed by atoms with E-state index in [4.69, 9.17) is 19.2 Å². The van der Waals surface area contributed by atoms with Crippen LogP contribution < -0.4 is 24.4 Å². The van der Waals surface area contributed by atoms with E-state index in [1.165, 1.54) is 36.2 Å². The maximum atomic E-state index is 13.4. The van der Waals surface area contributed by atoms with Crippen LogP contribution in [0, 0.1) is 0 Å². The highest BCUT2D eigenvalue weighted by atomic mass is 79.9. The Bertz CT molecular complexity index is 1570. The second kappa shape index (κ2) is 10.2. The van der Waals surface area contributed by atoms with E-state index in [1.807, 2.05) is 0 Å². The number of halogens is 1. The molecule has 0 saturated heterocycles. The van der Waals surface area contributed by atoms with E-state index in [0.29, 0.717) is 30.6 Å². The molecule has 0 bridgehead atoms. The summed E-state index contributed by atoms with van der Waals surface area (Å²) in [6, 6.07) is 7.21. The van der Waals surface area contributed by atoms with Crippen molar-refractivity contribution in [2.75, 3.05) is 20.8 Å². The minimum absolute atomic E-state index is 0.0446. The number of carbonyl (C=O) groups is 1. The van der Waals surface area contributed by atoms with Crippen molar-refractivity contribution in [2.24, 2.45) is 4.99 Å². The number of esters is 1. The summed E-state index contributed by atoms with van der Waals surface area (Å²) in [5, 5.41) is 20.1. The zero-order valence-corrected chi connectivity index (χ0v) is 22.3. The lowest BCUT2D eigenvalue weighted by molar-refractivity contribution is -0.138. The number of methoxy groups -OCH3 is 2. The molecule has 11 heteroatoms. The Morgan fingerprint density at radius 1 is 1.19 bits per heavy atom. The lowest BCUT2D eigenvalue weighted by atomic mass is 9.96. The highest BCUT2D eigenvalue weighted by molar-refractivity contribution is 9.10. The molecule has 1 aromatic heterocycles. The fourth-order valence-electron chi connectivity index (χ4n) is 3.91. The summed E-state index contributed by atoms with van der Waals surface area (Å²) >= 11 is 4.46. The molecule has 0 aliphatic carbocycles. The van der Waals surface area contributed by atoms with E-state index in [2.05, 4.69) is 15.9 Å². The molecule has 36 heavy (non-hydrogen) atoms. The third kappa shape index (κ3) is 4.51. The molecule has 0 fully saturated rings. The van der Waals surface area contributed by atoms with Crippen LogP contribution in [-0.2, 0) is 9.53 Å². The topological polar surface area (TPSA) is 120 Å². The third-order valence-corrected chi connectivity index (χ3v) is 7.22. The summed E-state index contributed by atoms with van der Waals surface area (Å²) in [4.78, 5) is 31.5. The zero-order chi connectivity index (χ0) is 26.1. The molecule has 0 saturated carbocycles. The first-order valence-corrected chi connectivity index (χ1v) is 12.4. The van der Waals surface area contributed by atoms with Gasteiger partial charge in [0.05, 0.1) is 35.4 Å². The molecule has 1 atom stereocenters. The van der Waals surface area contributed by atoms with Crippen LogP contribution in [0.3, 0.4) is 0 Å². The SMILES string of the molecule is CCOC(=O)C1=C(C)n2c(s/c(=C/c3cc(Br)c(O)c(OC)c3)c2=O)=NC1c1ccc(O)c(OC)c1. The number of thiazole rings is 1. The van der Waals surface area contributed by atoms with Crippen LogP contribution in [0.2, 0.25) is 0 Å². The van der Waals surface area contributed by atoms with E-state index >= 15 is 0 Å². The number of phenols is 2. The minimum Gasteiger partial charge on any atom is -0.504 e. The first-order valence-electron chi connectivity index (χ1n) is 10.8. The van der Waals surface area contributed by atoms with Gasteiger partial charge in [-0.25, -0.2) is 9.79 Å². The molecule has 0 spiro atoms. The highest BCUT2D eigenvalue weighted by Gasteiger charge is 2.32. The molecule has 0 amide bonds. The van der Waals surface area contributed by atoms with Gasteiger partial charge in [-0.1, -0.05) is 17.4 Å². The third-order valence-electron chi connectivity index (χ3n) is 5.63. The Morgan fingerprint density at radius 2 is 1.92 bits per heavy atom. The van der Waals surface area contributed by atoms with Crippen molar-refractivity contribution in [3.63, 3.8) is 0 Å². The Balaban J connectivity index is 1.96. The predicted octanol–water partition coefficient (Wildman–Crippen LogP) is 3.10. The Morgan fingerprint density at radius 3 is 2.58 bits per heavy atom. The Hall–Kier alpha value is -3.57. The van der Waals surface area contributed by atoms with Gasteiger partial charge in [0.15, 0.2) is 27.8 Å². The smallest absolute Gasteiger partial charge is 0.338 e. The Kier molecular flexibility index (Phi) is 7.23. The van der Waals surface area contributed by atoms with Crippen molar-refractivity contribution in [2.45, 2.75) is 19.9 Å². The zero-order valence-electron chi connectivity index (χ0n) is 19.9. The van der Waals surface area contributed by atoms with Gasteiger partial charge in [-0.15, -0.1) is 0 Å². The summed E-state index contributed by atoms with van der Waals surface area (Å²) in [7, 11) is 2.87. The summed E-state index contributed by atoms with van der Waals surface area (Å²) in [5.74, 6) is -0.188. The maximum absolute atomic E-state index is 13.4. The van der Waals surface area contributed by atoms with Gasteiger partial charge in [0.2, 0.25) is 0 Å². The molecule has 2 aromatic carbocycles. The molecule has 1 unspecified atom stereocenters. The molecular formula is C25H23BrN2O7S. The first-order chi connectivity index (χ1) is 17.2. The van der Waals surface area contributed by atoms with Gasteiger partial charge in [0, 0.05) is 5.70 Å². The molecule has 9 nitrogen and oxygen atoms in total. The van der Waals surface area contributed by atoms with Gasteiger partial charge in [0.25, 0.3) is 5.56 Å². The number of carbonyl (C=O) groups excluding carboxylic acids is 1. The van der Waals surface area contributed by atoms with Crippen molar-refractivity contribution in [1.82, 2.24) is 4.57 Å². The van der Waals surface area contributed by atoms with Gasteiger partial charge in [-0.2, -0.15) is 0 Å². The fraction of sp³-hybridized carbons (Fsp3) is 0.240. The molecule has 1 aliphatic rings. The lowest BCUT2D eigenvalue weighted by Crippen LogP contribution is -2.35. The van der Waals surface area contributed by atoms with E-state index in [1.54, 1.807) is 44.2 Å². The molecule has 1 aliphatic heterocycles. The van der Waals surface area contributed by atoms with Crippen LogP contribution in [0.5, 0.6) is 23.0 Å². The number of ether oxygens (including phenoxy) is 3. The standard InChI is InChI=1S/C25H23BrN2O7S/c1-5-35-24(32)20-12(2)28-23(31)19(10-13-8-15(26)22(30)18(9-13)34-4)36-25(28)27-21(20)14-6-7-16(29)17(11-14)33-3/h6-11,21,29-30H,5H2,1-4H3/b19-10+. The van der Waals surface area contributed by atoms with Crippen molar-refractivity contribution < 1.29 is 29.2 Å². The van der Waals surface area contributed by atoms with Crippen molar-refractivity contribution >= 4 is 45.0 Å². The van der Waals surface area contributed by atoms with Crippen LogP contribution in [-0.4, -0.2) is 41.6 Å². The quantitative estimate of drug-likeness (QED) is 0.434. The molecular weight excluding hydrogens is 552 g/mol. The number of hydrogen-bond acceptors (Lipinski definition) is 9. The van der Waals surface area contributed by atoms with Crippen LogP contribution in [0.25, 0.3) is 11.8 Å². The minimum atomic E-state index is -0.771. The number of aromatic nitrogens is 1. The number of hydrogen-bond donors (Lipinski definition) is 2. The van der Waals surface area contributed by atoms with Gasteiger partial charge in [-0.3, -0.25) is 9.36 Å². The largest absolute Gasteiger partial charge is 0.504 e. The van der Waals surface area contributed by atoms with Gasteiger partial charge >= 0.3 is 5.97 Å². The van der Waals surface area contributed by atoms with E-state index in [9.17, 15) is 19.8 Å². The number of aromatic hydroxyl groups is 2. The monoisotopic (exact) mass is 574 g/mol. The molecule has 3 aromatic rings. The van der Waals surface area contributed by atoms with Crippen LogP contribution in [0.1, 0.15) is 31.0 Å². The van der Waals surface area contributed by atoms with Crippen molar-refractivity contribution in [1.29, 1.82) is 0 Å². The summed E-state index contributed by atoms with van der Waals surface area (Å²) in [6.07, 6.45) is 1.66. The van der Waals surface area contributed by atoms with Gasteiger partial charge in [-0.05, 0) is 71.2 Å². The van der Waals surface area contributed by atoms with E-state index in [-0.39, 0.29) is 40.7 Å². The number of benzene rings is 2.